The second-order valence-corrected chi connectivity index (χ2v) is 11.3. The van der Waals surface area contributed by atoms with Crippen molar-refractivity contribution in [1.82, 2.24) is 9.88 Å². The molecule has 7 nitrogen and oxygen atoms in total. The quantitative estimate of drug-likeness (QED) is 0.353. The molecule has 3 aromatic carbocycles. The molecule has 196 valence electrons. The molecule has 1 fully saturated rings. The van der Waals surface area contributed by atoms with Crippen LogP contribution < -0.4 is 9.80 Å². The van der Waals surface area contributed by atoms with E-state index in [0.717, 1.165) is 11.4 Å². The molecule has 4 aromatic rings. The highest BCUT2D eigenvalue weighted by Gasteiger charge is 2.32. The Labute approximate surface area is 234 Å². The summed E-state index contributed by atoms with van der Waals surface area (Å²) in [5.74, 6) is 0.513. The molecule has 0 spiro atoms. The van der Waals surface area contributed by atoms with Crippen molar-refractivity contribution < 1.29 is 13.8 Å². The molecule has 0 bridgehead atoms. The highest BCUT2D eigenvalue weighted by Crippen LogP contribution is 2.36. The van der Waals surface area contributed by atoms with Gasteiger partial charge in [0.05, 0.1) is 38.4 Å². The Balaban J connectivity index is 1.33. The fraction of sp³-hybridized carbons (Fsp3) is 0.167. The average Bonchev–Trinajstić information content (AvgIpc) is 3.07. The minimum atomic E-state index is -1.58. The smallest absolute Gasteiger partial charge is 0.259 e. The molecule has 0 aliphatic carbocycles. The molecule has 2 aliphatic heterocycles. The lowest BCUT2D eigenvalue weighted by molar-refractivity contribution is 0.0746. The number of pyridine rings is 1. The molecule has 1 saturated heterocycles. The topological polar surface area (TPSA) is 73.8 Å². The first-order chi connectivity index (χ1) is 19.0. The molecule has 2 aliphatic rings. The van der Waals surface area contributed by atoms with Gasteiger partial charge in [-0.3, -0.25) is 9.59 Å². The lowest BCUT2D eigenvalue weighted by Gasteiger charge is -2.35. The van der Waals surface area contributed by atoms with Crippen LogP contribution in [0.4, 0.5) is 11.5 Å². The number of halogens is 1. The van der Waals surface area contributed by atoms with E-state index in [4.69, 9.17) is 11.6 Å². The molecule has 9 heteroatoms. The summed E-state index contributed by atoms with van der Waals surface area (Å²) in [6, 6.07) is 25.2. The van der Waals surface area contributed by atoms with E-state index < -0.39 is 10.8 Å². The Morgan fingerprint density at radius 1 is 0.872 bits per heavy atom. The number of rotatable bonds is 4. The number of piperazine rings is 1. The molecule has 0 saturated carbocycles. The molecule has 6 rings (SSSR count). The van der Waals surface area contributed by atoms with Gasteiger partial charge >= 0.3 is 0 Å². The first kappa shape index (κ1) is 25.3. The SMILES string of the molecule is O=C(c1ccc2c(c1)N(Cc1ccc(Cl)cc1)C(=O)c1ccccc1[S@@]2=O)N1CCN(c2ccccn2)CC1. The molecule has 39 heavy (non-hydrogen) atoms. The van der Waals surface area contributed by atoms with Gasteiger partial charge in [-0.1, -0.05) is 41.9 Å². The number of aromatic nitrogens is 1. The molecule has 0 N–H and O–H groups in total. The lowest BCUT2D eigenvalue weighted by atomic mass is 10.1. The summed E-state index contributed by atoms with van der Waals surface area (Å²) < 4.78 is 13.7. The van der Waals surface area contributed by atoms with E-state index in [-0.39, 0.29) is 18.4 Å². The zero-order valence-corrected chi connectivity index (χ0v) is 22.6. The Morgan fingerprint density at radius 3 is 2.36 bits per heavy atom. The van der Waals surface area contributed by atoms with E-state index in [0.29, 0.717) is 57.8 Å². The van der Waals surface area contributed by atoms with Gasteiger partial charge in [-0.25, -0.2) is 9.19 Å². The summed E-state index contributed by atoms with van der Waals surface area (Å²) in [5.41, 5.74) is 2.19. The van der Waals surface area contributed by atoms with Crippen molar-refractivity contribution in [2.45, 2.75) is 16.3 Å². The molecule has 3 heterocycles. The molecule has 0 radical (unpaired) electrons. The van der Waals surface area contributed by atoms with Crippen LogP contribution in [0.2, 0.25) is 5.02 Å². The maximum absolute atomic E-state index is 13.8. The van der Waals surface area contributed by atoms with Crippen molar-refractivity contribution in [3.63, 3.8) is 0 Å². The van der Waals surface area contributed by atoms with Gasteiger partial charge in [0.2, 0.25) is 0 Å². The maximum atomic E-state index is 13.8. The van der Waals surface area contributed by atoms with Gasteiger partial charge in [-0.05, 0) is 60.2 Å². The van der Waals surface area contributed by atoms with Gasteiger partial charge in [0, 0.05) is 43.0 Å². The minimum absolute atomic E-state index is 0.120. The third kappa shape index (κ3) is 4.93. The zero-order valence-electron chi connectivity index (χ0n) is 21.0. The summed E-state index contributed by atoms with van der Waals surface area (Å²) in [7, 11) is -1.58. The van der Waals surface area contributed by atoms with Crippen molar-refractivity contribution in [3.8, 4) is 0 Å². The summed E-state index contributed by atoms with van der Waals surface area (Å²) in [6.07, 6.45) is 1.77. The number of carbonyl (C=O) groups excluding carboxylic acids is 2. The first-order valence-electron chi connectivity index (χ1n) is 12.7. The molecular formula is C30H25ClN4O3S. The van der Waals surface area contributed by atoms with Crippen molar-refractivity contribution in [2.75, 3.05) is 36.0 Å². The van der Waals surface area contributed by atoms with E-state index in [1.807, 2.05) is 35.2 Å². The predicted octanol–water partition coefficient (Wildman–Crippen LogP) is 5.02. The second-order valence-electron chi connectivity index (χ2n) is 9.43. The number of amides is 2. The number of anilines is 2. The van der Waals surface area contributed by atoms with Crippen molar-refractivity contribution in [3.05, 3.63) is 113 Å². The van der Waals surface area contributed by atoms with Crippen LogP contribution in [0, 0.1) is 0 Å². The highest BCUT2D eigenvalue weighted by atomic mass is 35.5. The number of hydrogen-bond donors (Lipinski definition) is 0. The Kier molecular flexibility index (Phi) is 6.89. The van der Waals surface area contributed by atoms with Crippen molar-refractivity contribution in [1.29, 1.82) is 0 Å². The van der Waals surface area contributed by atoms with Gasteiger partial charge in [-0.2, -0.15) is 0 Å². The Hall–Kier alpha value is -4.01. The lowest BCUT2D eigenvalue weighted by Crippen LogP contribution is -2.49. The van der Waals surface area contributed by atoms with Crippen LogP contribution in [0.1, 0.15) is 26.3 Å². The van der Waals surface area contributed by atoms with E-state index in [9.17, 15) is 13.8 Å². The van der Waals surface area contributed by atoms with Gasteiger partial charge in [0.25, 0.3) is 11.8 Å². The number of fused-ring (bicyclic) bond motifs is 2. The maximum Gasteiger partial charge on any atom is 0.259 e. The molecule has 2 amide bonds. The van der Waals surface area contributed by atoms with Gasteiger partial charge in [-0.15, -0.1) is 0 Å². The van der Waals surface area contributed by atoms with Crippen LogP contribution in [0.5, 0.6) is 0 Å². The van der Waals surface area contributed by atoms with E-state index in [1.165, 1.54) is 0 Å². The third-order valence-electron chi connectivity index (χ3n) is 7.05. The Morgan fingerprint density at radius 2 is 1.62 bits per heavy atom. The predicted molar refractivity (Wildman–Crippen MR) is 152 cm³/mol. The molecule has 1 aromatic heterocycles. The van der Waals surface area contributed by atoms with Crippen LogP contribution in [0.25, 0.3) is 0 Å². The fourth-order valence-corrected chi connectivity index (χ4v) is 6.46. The van der Waals surface area contributed by atoms with Crippen LogP contribution in [-0.4, -0.2) is 52.1 Å². The van der Waals surface area contributed by atoms with Crippen LogP contribution in [0.15, 0.2) is 101 Å². The largest absolute Gasteiger partial charge is 0.353 e. The number of hydrogen-bond acceptors (Lipinski definition) is 5. The van der Waals surface area contributed by atoms with Crippen molar-refractivity contribution in [2.24, 2.45) is 0 Å². The minimum Gasteiger partial charge on any atom is -0.353 e. The zero-order chi connectivity index (χ0) is 26.9. The third-order valence-corrected chi connectivity index (χ3v) is 8.81. The van der Waals surface area contributed by atoms with Crippen LogP contribution >= 0.6 is 11.6 Å². The summed E-state index contributed by atoms with van der Waals surface area (Å²) in [5, 5.41) is 0.601. The monoisotopic (exact) mass is 556 g/mol. The number of benzene rings is 3. The second kappa shape index (κ2) is 10.6. The average molecular weight is 557 g/mol. The van der Waals surface area contributed by atoms with Gasteiger partial charge in [0.1, 0.15) is 5.82 Å². The summed E-state index contributed by atoms with van der Waals surface area (Å²) in [4.78, 5) is 38.4. The van der Waals surface area contributed by atoms with Crippen LogP contribution in [-0.2, 0) is 17.3 Å². The highest BCUT2D eigenvalue weighted by molar-refractivity contribution is 7.85. The van der Waals surface area contributed by atoms with E-state index >= 15 is 0 Å². The van der Waals surface area contributed by atoms with E-state index in [1.54, 1.807) is 65.7 Å². The number of nitrogens with zero attached hydrogens (tertiary/aromatic N) is 4. The van der Waals surface area contributed by atoms with Gasteiger partial charge in [0.15, 0.2) is 0 Å². The standard InChI is InChI=1S/C30H25ClN4O3S/c31-23-11-8-21(9-12-23)20-35-25-19-22(10-13-27(25)39(38)26-6-2-1-5-24(26)30(35)37)29(36)34-17-15-33(16-18-34)28-7-3-4-14-32-28/h1-14,19H,15-18,20H2/t39-/m0/s1. The van der Waals surface area contributed by atoms with E-state index in [2.05, 4.69) is 9.88 Å². The fourth-order valence-electron chi connectivity index (χ4n) is 4.99. The summed E-state index contributed by atoms with van der Waals surface area (Å²) in [6.45, 7) is 2.70. The summed E-state index contributed by atoms with van der Waals surface area (Å²) >= 11 is 6.08. The Bertz CT molecular complexity index is 1570. The molecular weight excluding hydrogens is 532 g/mol. The van der Waals surface area contributed by atoms with Crippen LogP contribution in [0.3, 0.4) is 0 Å². The first-order valence-corrected chi connectivity index (χ1v) is 14.2. The normalized spacial score (nSPS) is 16.9. The molecule has 0 unspecified atom stereocenters. The van der Waals surface area contributed by atoms with Crippen molar-refractivity contribution >= 4 is 45.7 Å². The van der Waals surface area contributed by atoms with Gasteiger partial charge < -0.3 is 14.7 Å². The molecule has 1 atom stereocenters. The number of carbonyl (C=O) groups is 2.